The number of sulfone groups is 1. The third-order valence-corrected chi connectivity index (χ3v) is 5.98. The third kappa shape index (κ3) is 5.45. The molecule has 0 saturated carbocycles. The lowest BCUT2D eigenvalue weighted by molar-refractivity contribution is -0.120. The summed E-state index contributed by atoms with van der Waals surface area (Å²) in [5.74, 6) is -0.443. The number of nitrogens with zero attached hydrogens (tertiary/aromatic N) is 2. The smallest absolute Gasteiger partial charge is 0.221 e. The van der Waals surface area contributed by atoms with Crippen molar-refractivity contribution in [2.75, 3.05) is 12.3 Å². The normalized spacial score (nSPS) is 11.4. The molecule has 0 atom stereocenters. The van der Waals surface area contributed by atoms with E-state index < -0.39 is 9.84 Å². The predicted octanol–water partition coefficient (Wildman–Crippen LogP) is 2.32. The first-order chi connectivity index (χ1) is 11.4. The molecule has 0 aliphatic rings. The van der Waals surface area contributed by atoms with Crippen LogP contribution in [0.1, 0.15) is 18.5 Å². The van der Waals surface area contributed by atoms with Gasteiger partial charge in [-0.2, -0.15) is 5.10 Å². The average molecular weight is 414 g/mol. The Labute approximate surface area is 150 Å². The van der Waals surface area contributed by atoms with Crippen LogP contribution in [0.25, 0.3) is 0 Å². The van der Waals surface area contributed by atoms with Crippen molar-refractivity contribution in [3.63, 3.8) is 0 Å². The summed E-state index contributed by atoms with van der Waals surface area (Å²) in [6, 6.07) is 8.17. The minimum absolute atomic E-state index is 0.0380. The number of nitrogens with one attached hydrogen (secondary N) is 1. The van der Waals surface area contributed by atoms with Gasteiger partial charge in [0.15, 0.2) is 9.84 Å². The Hall–Kier alpha value is -1.67. The molecule has 0 radical (unpaired) electrons. The van der Waals surface area contributed by atoms with Crippen molar-refractivity contribution in [3.8, 4) is 0 Å². The second kappa shape index (κ2) is 8.43. The van der Waals surface area contributed by atoms with E-state index in [9.17, 15) is 13.2 Å². The Morgan fingerprint density at radius 2 is 2.00 bits per heavy atom. The summed E-state index contributed by atoms with van der Waals surface area (Å²) < 4.78 is 26.9. The third-order valence-electron chi connectivity index (χ3n) is 3.47. The number of halogens is 1. The first-order valence-electron chi connectivity index (χ1n) is 7.62. The zero-order valence-corrected chi connectivity index (χ0v) is 15.8. The van der Waals surface area contributed by atoms with Crippen LogP contribution < -0.4 is 5.32 Å². The molecule has 0 aliphatic heterocycles. The fourth-order valence-corrected chi connectivity index (χ4v) is 3.72. The fraction of sp³-hybridized carbons (Fsp3) is 0.375. The van der Waals surface area contributed by atoms with E-state index in [-0.39, 0.29) is 23.0 Å². The highest BCUT2D eigenvalue weighted by Gasteiger charge is 2.15. The summed E-state index contributed by atoms with van der Waals surface area (Å²) in [5.41, 5.74) is 0.921. The Bertz CT molecular complexity index is 769. The highest BCUT2D eigenvalue weighted by atomic mass is 79.9. The molecule has 0 fully saturated rings. The summed E-state index contributed by atoms with van der Waals surface area (Å²) >= 11 is 3.40. The van der Waals surface area contributed by atoms with E-state index in [0.717, 1.165) is 16.6 Å². The maximum Gasteiger partial charge on any atom is 0.221 e. The van der Waals surface area contributed by atoms with Gasteiger partial charge in [0.1, 0.15) is 0 Å². The van der Waals surface area contributed by atoms with Crippen LogP contribution in [0.15, 0.2) is 45.9 Å². The molecule has 0 saturated heterocycles. The largest absolute Gasteiger partial charge is 0.356 e. The number of carbonyl (C=O) groups excluding carboxylic acids is 1. The zero-order chi connectivity index (χ0) is 17.6. The molecular weight excluding hydrogens is 394 g/mol. The van der Waals surface area contributed by atoms with Gasteiger partial charge in [-0.05, 0) is 41.4 Å². The molecule has 0 unspecified atom stereocenters. The Kier molecular flexibility index (Phi) is 6.56. The molecule has 1 heterocycles. The maximum absolute atomic E-state index is 12.1. The lowest BCUT2D eigenvalue weighted by Crippen LogP contribution is -2.27. The molecule has 0 bridgehead atoms. The second-order valence-corrected chi connectivity index (χ2v) is 8.37. The van der Waals surface area contributed by atoms with Crippen LogP contribution in [0.2, 0.25) is 0 Å². The van der Waals surface area contributed by atoms with E-state index in [4.69, 9.17) is 0 Å². The second-order valence-electron chi connectivity index (χ2n) is 5.41. The van der Waals surface area contributed by atoms with E-state index >= 15 is 0 Å². The van der Waals surface area contributed by atoms with Gasteiger partial charge in [0.05, 0.1) is 20.8 Å². The molecule has 0 aliphatic carbocycles. The van der Waals surface area contributed by atoms with Gasteiger partial charge in [-0.15, -0.1) is 0 Å². The summed E-state index contributed by atoms with van der Waals surface area (Å²) in [7, 11) is -3.41. The van der Waals surface area contributed by atoms with Crippen molar-refractivity contribution in [2.45, 2.75) is 31.2 Å². The van der Waals surface area contributed by atoms with E-state index in [1.807, 2.05) is 17.8 Å². The zero-order valence-electron chi connectivity index (χ0n) is 13.4. The minimum atomic E-state index is -3.41. The van der Waals surface area contributed by atoms with E-state index in [2.05, 4.69) is 26.3 Å². The van der Waals surface area contributed by atoms with Gasteiger partial charge in [-0.25, -0.2) is 8.42 Å². The first kappa shape index (κ1) is 18.7. The standard InChI is InChI=1S/C16H20BrN3O3S/c1-13-15(17)12-20(19-13)10-5-9-18-16(21)8-11-24(22,23)14-6-3-2-4-7-14/h2-4,6-7,12H,5,8-11H2,1H3,(H,18,21). The minimum Gasteiger partial charge on any atom is -0.356 e. The maximum atomic E-state index is 12.1. The molecule has 6 nitrogen and oxygen atoms in total. The highest BCUT2D eigenvalue weighted by Crippen LogP contribution is 2.13. The Morgan fingerprint density at radius 3 is 2.62 bits per heavy atom. The molecule has 1 aromatic carbocycles. The SMILES string of the molecule is Cc1nn(CCCNC(=O)CCS(=O)(=O)c2ccccc2)cc1Br. The molecular formula is C16H20BrN3O3S. The van der Waals surface area contributed by atoms with Crippen LogP contribution in [0.5, 0.6) is 0 Å². The number of carbonyl (C=O) groups is 1. The molecule has 2 rings (SSSR count). The van der Waals surface area contributed by atoms with Gasteiger partial charge in [0.2, 0.25) is 5.91 Å². The molecule has 130 valence electrons. The number of aryl methyl sites for hydroxylation is 2. The lowest BCUT2D eigenvalue weighted by Gasteiger charge is -2.06. The number of hydrogen-bond acceptors (Lipinski definition) is 4. The van der Waals surface area contributed by atoms with Crippen LogP contribution >= 0.6 is 15.9 Å². The number of amides is 1. The van der Waals surface area contributed by atoms with Gasteiger partial charge < -0.3 is 5.32 Å². The number of hydrogen-bond donors (Lipinski definition) is 1. The van der Waals surface area contributed by atoms with Crippen molar-refractivity contribution < 1.29 is 13.2 Å². The van der Waals surface area contributed by atoms with Crippen molar-refractivity contribution in [1.82, 2.24) is 15.1 Å². The van der Waals surface area contributed by atoms with Crippen molar-refractivity contribution in [2.24, 2.45) is 0 Å². The van der Waals surface area contributed by atoms with Crippen LogP contribution in [-0.4, -0.2) is 36.4 Å². The van der Waals surface area contributed by atoms with Crippen molar-refractivity contribution >= 4 is 31.7 Å². The van der Waals surface area contributed by atoms with E-state index in [1.165, 1.54) is 12.1 Å². The molecule has 1 amide bonds. The van der Waals surface area contributed by atoms with Crippen LogP contribution in [0.4, 0.5) is 0 Å². The van der Waals surface area contributed by atoms with Crippen molar-refractivity contribution in [1.29, 1.82) is 0 Å². The van der Waals surface area contributed by atoms with E-state index in [1.54, 1.807) is 18.2 Å². The van der Waals surface area contributed by atoms with Crippen molar-refractivity contribution in [3.05, 3.63) is 46.7 Å². The van der Waals surface area contributed by atoms with Gasteiger partial charge in [-0.1, -0.05) is 18.2 Å². The predicted molar refractivity (Wildman–Crippen MR) is 95.4 cm³/mol. The van der Waals surface area contributed by atoms with Gasteiger partial charge in [0, 0.05) is 25.7 Å². The molecule has 0 spiro atoms. The number of benzene rings is 1. The summed E-state index contributed by atoms with van der Waals surface area (Å²) in [4.78, 5) is 12.0. The first-order valence-corrected chi connectivity index (χ1v) is 10.1. The monoisotopic (exact) mass is 413 g/mol. The van der Waals surface area contributed by atoms with Gasteiger partial charge in [0.25, 0.3) is 0 Å². The van der Waals surface area contributed by atoms with E-state index in [0.29, 0.717) is 13.1 Å². The molecule has 8 heteroatoms. The number of rotatable bonds is 8. The average Bonchev–Trinajstić information content (AvgIpc) is 2.89. The molecule has 1 aromatic heterocycles. The molecule has 24 heavy (non-hydrogen) atoms. The van der Waals surface area contributed by atoms with Crippen LogP contribution in [-0.2, 0) is 21.2 Å². The van der Waals surface area contributed by atoms with Gasteiger partial charge in [-0.3, -0.25) is 9.48 Å². The summed E-state index contributed by atoms with van der Waals surface area (Å²) in [6.45, 7) is 3.09. The quantitative estimate of drug-likeness (QED) is 0.673. The number of aromatic nitrogens is 2. The fourth-order valence-electron chi connectivity index (χ4n) is 2.14. The van der Waals surface area contributed by atoms with Crippen LogP contribution in [0, 0.1) is 6.92 Å². The topological polar surface area (TPSA) is 81.1 Å². The highest BCUT2D eigenvalue weighted by molar-refractivity contribution is 9.10. The van der Waals surface area contributed by atoms with Gasteiger partial charge >= 0.3 is 0 Å². The summed E-state index contributed by atoms with van der Waals surface area (Å²) in [6.07, 6.45) is 2.58. The van der Waals surface area contributed by atoms with Crippen LogP contribution in [0.3, 0.4) is 0 Å². The lowest BCUT2D eigenvalue weighted by atomic mass is 10.4. The molecule has 1 N–H and O–H groups in total. The Morgan fingerprint density at radius 1 is 1.29 bits per heavy atom. The Balaban J connectivity index is 1.70. The summed E-state index contributed by atoms with van der Waals surface area (Å²) in [5, 5.41) is 7.05. The molecule has 2 aromatic rings.